The van der Waals surface area contributed by atoms with E-state index in [0.29, 0.717) is 27.8 Å². The number of halogens is 2. The molecule has 5 atom stereocenters. The number of benzene rings is 2. The van der Waals surface area contributed by atoms with Crippen LogP contribution >= 0.6 is 50.6 Å². The van der Waals surface area contributed by atoms with Crippen molar-refractivity contribution in [3.8, 4) is 0 Å². The minimum Gasteiger partial charge on any atom is -0.325 e. The molecule has 3 aromatic rings. The van der Waals surface area contributed by atoms with Gasteiger partial charge < -0.3 is 5.32 Å². The van der Waals surface area contributed by atoms with Crippen molar-refractivity contribution in [2.45, 2.75) is 42.0 Å². The van der Waals surface area contributed by atoms with Crippen molar-refractivity contribution < 1.29 is 4.79 Å². The molecule has 2 aromatic carbocycles. The first kappa shape index (κ1) is 22.0. The Hall–Kier alpha value is -1.54. The van der Waals surface area contributed by atoms with Gasteiger partial charge in [-0.1, -0.05) is 51.0 Å². The maximum Gasteiger partial charge on any atom is 0.308 e. The third kappa shape index (κ3) is 3.91. The molecule has 1 aliphatic heterocycles. The molecule has 4 nitrogen and oxygen atoms in total. The van der Waals surface area contributed by atoms with E-state index >= 15 is 0 Å². The molecule has 8 heteroatoms. The molecule has 2 aliphatic carbocycles. The minimum atomic E-state index is -0.199. The summed E-state index contributed by atoms with van der Waals surface area (Å²) in [5, 5.41) is 5.02. The number of rotatable bonds is 4. The zero-order chi connectivity index (χ0) is 22.7. The predicted molar refractivity (Wildman–Crippen MR) is 139 cm³/mol. The molecule has 170 valence electrons. The average Bonchev–Trinajstić information content (AvgIpc) is 3.48. The number of anilines is 1. The first-order valence-electron chi connectivity index (χ1n) is 11.2. The molecule has 0 saturated heterocycles. The lowest BCUT2D eigenvalue weighted by Gasteiger charge is -2.40. The van der Waals surface area contributed by atoms with Crippen LogP contribution in [0.2, 0.25) is 5.02 Å². The summed E-state index contributed by atoms with van der Waals surface area (Å²) in [5.41, 5.74) is 1.95. The van der Waals surface area contributed by atoms with Crippen LogP contribution < -0.4 is 10.2 Å². The molecule has 33 heavy (non-hydrogen) atoms. The SMILES string of the molecule is O=C(Cn1c2c(sc1=O)[C@@H](c1cccc(Br)c1)[C@@H]1[C@H]3CC[C@@H](C3)[C@H]1S2)Nc1ccc(Cl)cc1. The lowest BCUT2D eigenvalue weighted by molar-refractivity contribution is -0.116. The maximum atomic E-state index is 13.1. The lowest BCUT2D eigenvalue weighted by atomic mass is 9.75. The fourth-order valence-electron chi connectivity index (χ4n) is 6.04. The number of carbonyl (C=O) groups is 1. The van der Waals surface area contributed by atoms with Crippen LogP contribution in [-0.2, 0) is 11.3 Å². The maximum absolute atomic E-state index is 13.1. The molecule has 2 fully saturated rings. The van der Waals surface area contributed by atoms with Gasteiger partial charge in [0.05, 0.1) is 5.03 Å². The Labute approximate surface area is 213 Å². The minimum absolute atomic E-state index is 0.0248. The number of thiazole rings is 1. The summed E-state index contributed by atoms with van der Waals surface area (Å²) in [6.07, 6.45) is 3.87. The topological polar surface area (TPSA) is 51.1 Å². The number of aromatic nitrogens is 1. The fourth-order valence-corrected chi connectivity index (χ4v) is 9.73. The Morgan fingerprint density at radius 1 is 1.15 bits per heavy atom. The first-order chi connectivity index (χ1) is 16.0. The molecule has 0 radical (unpaired) electrons. The van der Waals surface area contributed by atoms with Crippen LogP contribution in [0.25, 0.3) is 0 Å². The van der Waals surface area contributed by atoms with E-state index in [-0.39, 0.29) is 23.2 Å². The monoisotopic (exact) mass is 560 g/mol. The van der Waals surface area contributed by atoms with Crippen LogP contribution in [0.5, 0.6) is 0 Å². The van der Waals surface area contributed by atoms with Crippen LogP contribution in [0.3, 0.4) is 0 Å². The summed E-state index contributed by atoms with van der Waals surface area (Å²) in [6.45, 7) is 0.0248. The van der Waals surface area contributed by atoms with E-state index in [1.54, 1.807) is 28.8 Å². The lowest BCUT2D eigenvalue weighted by Crippen LogP contribution is -2.34. The Bertz CT molecular complexity index is 1290. The number of nitrogens with one attached hydrogen (secondary N) is 1. The van der Waals surface area contributed by atoms with E-state index in [1.165, 1.54) is 36.2 Å². The highest BCUT2D eigenvalue weighted by molar-refractivity contribution is 9.10. The zero-order valence-electron chi connectivity index (χ0n) is 17.7. The van der Waals surface area contributed by atoms with Gasteiger partial charge in [0.1, 0.15) is 6.54 Å². The van der Waals surface area contributed by atoms with Crippen LogP contribution in [0.15, 0.2) is 62.8 Å². The van der Waals surface area contributed by atoms with Gasteiger partial charge in [-0.05, 0) is 79.0 Å². The Balaban J connectivity index is 1.37. The van der Waals surface area contributed by atoms with E-state index in [0.717, 1.165) is 20.3 Å². The summed E-state index contributed by atoms with van der Waals surface area (Å²) >= 11 is 12.8. The Morgan fingerprint density at radius 3 is 2.73 bits per heavy atom. The second kappa shape index (κ2) is 8.59. The van der Waals surface area contributed by atoms with Gasteiger partial charge in [-0.25, -0.2) is 0 Å². The van der Waals surface area contributed by atoms with Crippen molar-refractivity contribution in [3.05, 3.63) is 78.1 Å². The molecule has 2 heterocycles. The molecule has 0 unspecified atom stereocenters. The predicted octanol–water partition coefficient (Wildman–Crippen LogP) is 6.62. The van der Waals surface area contributed by atoms with Gasteiger partial charge in [0, 0.05) is 31.2 Å². The number of amides is 1. The highest BCUT2D eigenvalue weighted by atomic mass is 79.9. The average molecular weight is 562 g/mol. The van der Waals surface area contributed by atoms with Gasteiger partial charge in [-0.2, -0.15) is 0 Å². The van der Waals surface area contributed by atoms with Gasteiger partial charge >= 0.3 is 4.87 Å². The van der Waals surface area contributed by atoms with Crippen molar-refractivity contribution in [1.29, 1.82) is 0 Å². The summed E-state index contributed by atoms with van der Waals surface area (Å²) in [7, 11) is 0. The molecular formula is C25H22BrClN2O2S2. The first-order valence-corrected chi connectivity index (χ1v) is 14.1. The van der Waals surface area contributed by atoms with Crippen LogP contribution in [-0.4, -0.2) is 15.7 Å². The van der Waals surface area contributed by atoms with Crippen molar-refractivity contribution in [1.82, 2.24) is 4.57 Å². The van der Waals surface area contributed by atoms with E-state index < -0.39 is 0 Å². The molecule has 6 rings (SSSR count). The number of hydrogen-bond acceptors (Lipinski definition) is 4. The number of nitrogens with zero attached hydrogens (tertiary/aromatic N) is 1. The molecule has 1 amide bonds. The van der Waals surface area contributed by atoms with Crippen molar-refractivity contribution in [3.63, 3.8) is 0 Å². The molecule has 1 aromatic heterocycles. The number of hydrogen-bond donors (Lipinski definition) is 1. The second-order valence-corrected chi connectivity index (χ2v) is 12.7. The second-order valence-electron chi connectivity index (χ2n) is 9.20. The van der Waals surface area contributed by atoms with E-state index in [2.05, 4.69) is 45.5 Å². The molecular weight excluding hydrogens is 540 g/mol. The van der Waals surface area contributed by atoms with E-state index in [4.69, 9.17) is 11.6 Å². The van der Waals surface area contributed by atoms with Crippen LogP contribution in [0, 0.1) is 17.8 Å². The van der Waals surface area contributed by atoms with Gasteiger partial charge in [-0.3, -0.25) is 14.2 Å². The highest BCUT2D eigenvalue weighted by Gasteiger charge is 2.55. The van der Waals surface area contributed by atoms with Gasteiger partial charge in [0.15, 0.2) is 0 Å². The summed E-state index contributed by atoms with van der Waals surface area (Å²) in [6, 6.07) is 15.5. The summed E-state index contributed by atoms with van der Waals surface area (Å²) < 4.78 is 2.76. The number of thioether (sulfide) groups is 1. The highest BCUT2D eigenvalue weighted by Crippen LogP contribution is 2.64. The van der Waals surface area contributed by atoms with Gasteiger partial charge in [0.25, 0.3) is 0 Å². The van der Waals surface area contributed by atoms with Crippen LogP contribution in [0.4, 0.5) is 5.69 Å². The molecule has 1 N–H and O–H groups in total. The quantitative estimate of drug-likeness (QED) is 0.390. The smallest absolute Gasteiger partial charge is 0.308 e. The zero-order valence-corrected chi connectivity index (χ0v) is 21.6. The van der Waals surface area contributed by atoms with Crippen molar-refractivity contribution >= 4 is 62.2 Å². The number of fused-ring (bicyclic) bond motifs is 6. The third-order valence-electron chi connectivity index (χ3n) is 7.33. The Morgan fingerprint density at radius 2 is 1.94 bits per heavy atom. The van der Waals surface area contributed by atoms with E-state index in [1.807, 2.05) is 11.8 Å². The molecule has 2 saturated carbocycles. The third-order valence-corrected chi connectivity index (χ3v) is 10.9. The van der Waals surface area contributed by atoms with E-state index in [9.17, 15) is 9.59 Å². The summed E-state index contributed by atoms with van der Waals surface area (Å²) in [4.78, 5) is 27.1. The van der Waals surface area contributed by atoms with Gasteiger partial charge in [-0.15, -0.1) is 11.8 Å². The van der Waals surface area contributed by atoms with Crippen molar-refractivity contribution in [2.75, 3.05) is 5.32 Å². The standard InChI is InChI=1S/C25H22BrClN2O2S2/c26-16-3-1-2-13(11-16)21-20-14-4-5-15(10-14)22(20)32-24-23(21)33-25(31)29(24)12-19(30)28-18-8-6-17(27)7-9-18/h1-3,6-9,11,14-15,20-22H,4-5,10,12H2,(H,28,30)/t14-,15-,20-,21-,22+/m0/s1. The van der Waals surface area contributed by atoms with Crippen LogP contribution in [0.1, 0.15) is 35.6 Å². The molecule has 0 spiro atoms. The number of carbonyl (C=O) groups excluding carboxylic acids is 1. The fraction of sp³-hybridized carbons (Fsp3) is 0.360. The van der Waals surface area contributed by atoms with Crippen molar-refractivity contribution in [2.24, 2.45) is 17.8 Å². The Kier molecular flexibility index (Phi) is 5.72. The summed E-state index contributed by atoms with van der Waals surface area (Å²) in [5.74, 6) is 2.01. The van der Waals surface area contributed by atoms with Gasteiger partial charge in [0.2, 0.25) is 5.91 Å². The molecule has 3 aliphatic rings. The molecule has 2 bridgehead atoms. The largest absolute Gasteiger partial charge is 0.325 e. The normalized spacial score (nSPS) is 27.3.